The number of amides is 1. The van der Waals surface area contributed by atoms with E-state index in [0.29, 0.717) is 23.6 Å². The molecule has 0 radical (unpaired) electrons. The third kappa shape index (κ3) is 4.03. The molecule has 1 atom stereocenters. The molecular formula is C14H20N2O4. The highest BCUT2D eigenvalue weighted by molar-refractivity contribution is 5.95. The van der Waals surface area contributed by atoms with Gasteiger partial charge < -0.3 is 10.1 Å². The molecule has 0 saturated carbocycles. The Morgan fingerprint density at radius 1 is 1.45 bits per heavy atom. The number of aryl methyl sites for hydroxylation is 1. The van der Waals surface area contributed by atoms with Crippen molar-refractivity contribution in [2.24, 2.45) is 5.92 Å². The van der Waals surface area contributed by atoms with Gasteiger partial charge in [0.05, 0.1) is 11.0 Å². The average Bonchev–Trinajstić information content (AvgIpc) is 2.38. The summed E-state index contributed by atoms with van der Waals surface area (Å²) in [5.74, 6) is 0.0401. The fourth-order valence-corrected chi connectivity index (χ4v) is 1.90. The summed E-state index contributed by atoms with van der Waals surface area (Å²) in [6.45, 7) is 6.11. The Hall–Kier alpha value is -1.95. The van der Waals surface area contributed by atoms with Gasteiger partial charge in [-0.05, 0) is 24.5 Å². The summed E-state index contributed by atoms with van der Waals surface area (Å²) in [6.07, 6.45) is -0.0581. The van der Waals surface area contributed by atoms with Crippen LogP contribution >= 0.6 is 0 Å². The van der Waals surface area contributed by atoms with Gasteiger partial charge in [0.15, 0.2) is 0 Å². The minimum atomic E-state index is -0.478. The molecule has 0 aromatic heterocycles. The van der Waals surface area contributed by atoms with Crippen molar-refractivity contribution in [2.45, 2.75) is 26.9 Å². The summed E-state index contributed by atoms with van der Waals surface area (Å²) in [4.78, 5) is 22.2. The zero-order valence-electron chi connectivity index (χ0n) is 12.2. The van der Waals surface area contributed by atoms with Gasteiger partial charge in [0.2, 0.25) is 0 Å². The minimum absolute atomic E-state index is 0.0176. The van der Waals surface area contributed by atoms with E-state index in [1.807, 2.05) is 13.8 Å². The van der Waals surface area contributed by atoms with E-state index >= 15 is 0 Å². The van der Waals surface area contributed by atoms with Crippen LogP contribution in [0.3, 0.4) is 0 Å². The molecule has 1 rings (SSSR count). The number of nitrogens with one attached hydrogen (secondary N) is 1. The Bertz CT molecular complexity index is 500. The van der Waals surface area contributed by atoms with Gasteiger partial charge in [-0.3, -0.25) is 14.9 Å². The molecule has 20 heavy (non-hydrogen) atoms. The molecule has 110 valence electrons. The molecule has 1 N–H and O–H groups in total. The van der Waals surface area contributed by atoms with Crippen LogP contribution in [0, 0.1) is 23.0 Å². The number of nitro benzene ring substituents is 1. The van der Waals surface area contributed by atoms with Crippen LogP contribution in [0.5, 0.6) is 0 Å². The fourth-order valence-electron chi connectivity index (χ4n) is 1.90. The normalized spacial score (nSPS) is 12.2. The van der Waals surface area contributed by atoms with Gasteiger partial charge in [-0.15, -0.1) is 0 Å². The lowest BCUT2D eigenvalue weighted by atomic mass is 10.1. The van der Waals surface area contributed by atoms with Crippen molar-refractivity contribution in [2.75, 3.05) is 13.7 Å². The molecule has 1 amide bonds. The molecule has 0 bridgehead atoms. The van der Waals surface area contributed by atoms with Crippen molar-refractivity contribution in [3.8, 4) is 0 Å². The maximum Gasteiger partial charge on any atom is 0.269 e. The standard InChI is InChI=1S/C14H20N2O4/c1-9(2)13(20-4)8-15-14(17)12-6-5-11(16(18)19)7-10(12)3/h5-7,9,13H,8H2,1-4H3,(H,15,17)/t13-/m0/s1. The Morgan fingerprint density at radius 2 is 2.10 bits per heavy atom. The molecule has 0 heterocycles. The number of nitro groups is 1. The number of non-ortho nitro benzene ring substituents is 1. The van der Waals surface area contributed by atoms with Crippen LogP contribution in [-0.4, -0.2) is 30.6 Å². The fraction of sp³-hybridized carbons (Fsp3) is 0.500. The highest BCUT2D eigenvalue weighted by Crippen LogP contribution is 2.17. The van der Waals surface area contributed by atoms with Crippen LogP contribution in [0.25, 0.3) is 0 Å². The van der Waals surface area contributed by atoms with Crippen LogP contribution in [0.1, 0.15) is 29.8 Å². The topological polar surface area (TPSA) is 81.5 Å². The van der Waals surface area contributed by atoms with Crippen molar-refractivity contribution in [1.29, 1.82) is 0 Å². The van der Waals surface area contributed by atoms with E-state index in [1.165, 1.54) is 18.2 Å². The second-order valence-electron chi connectivity index (χ2n) is 4.98. The molecule has 0 aliphatic heterocycles. The molecule has 6 nitrogen and oxygen atoms in total. The maximum atomic E-state index is 12.1. The van der Waals surface area contributed by atoms with Crippen molar-refractivity contribution in [3.63, 3.8) is 0 Å². The third-order valence-electron chi connectivity index (χ3n) is 3.18. The van der Waals surface area contributed by atoms with Crippen molar-refractivity contribution >= 4 is 11.6 Å². The molecule has 6 heteroatoms. The first kappa shape index (κ1) is 16.1. The Morgan fingerprint density at radius 3 is 2.55 bits per heavy atom. The SMILES string of the molecule is CO[C@@H](CNC(=O)c1ccc([N+](=O)[O-])cc1C)C(C)C. The van der Waals surface area contributed by atoms with Gasteiger partial charge in [-0.2, -0.15) is 0 Å². The smallest absolute Gasteiger partial charge is 0.269 e. The maximum absolute atomic E-state index is 12.1. The summed E-state index contributed by atoms with van der Waals surface area (Å²) in [5.41, 5.74) is 1.00. The summed E-state index contributed by atoms with van der Waals surface area (Å²) >= 11 is 0. The van der Waals surface area contributed by atoms with Crippen LogP contribution in [0.4, 0.5) is 5.69 Å². The number of ether oxygens (including phenoxy) is 1. The highest BCUT2D eigenvalue weighted by Gasteiger charge is 2.16. The first-order valence-corrected chi connectivity index (χ1v) is 6.42. The molecule has 1 aromatic rings. The van der Waals surface area contributed by atoms with Gasteiger partial charge in [-0.25, -0.2) is 0 Å². The number of carbonyl (C=O) groups is 1. The van der Waals surface area contributed by atoms with E-state index in [2.05, 4.69) is 5.32 Å². The lowest BCUT2D eigenvalue weighted by Gasteiger charge is -2.19. The average molecular weight is 280 g/mol. The lowest BCUT2D eigenvalue weighted by Crippen LogP contribution is -2.36. The number of carbonyl (C=O) groups excluding carboxylic acids is 1. The van der Waals surface area contributed by atoms with Crippen molar-refractivity contribution in [1.82, 2.24) is 5.32 Å². The first-order chi connectivity index (χ1) is 9.36. The second-order valence-corrected chi connectivity index (χ2v) is 4.98. The van der Waals surface area contributed by atoms with Crippen molar-refractivity contribution in [3.05, 3.63) is 39.4 Å². The summed E-state index contributed by atoms with van der Waals surface area (Å²) in [6, 6.07) is 4.20. The zero-order valence-corrected chi connectivity index (χ0v) is 12.2. The number of methoxy groups -OCH3 is 1. The van der Waals surface area contributed by atoms with E-state index in [0.717, 1.165) is 0 Å². The van der Waals surface area contributed by atoms with Crippen LogP contribution in [0.15, 0.2) is 18.2 Å². The van der Waals surface area contributed by atoms with E-state index in [9.17, 15) is 14.9 Å². The minimum Gasteiger partial charge on any atom is -0.379 e. The van der Waals surface area contributed by atoms with E-state index < -0.39 is 4.92 Å². The number of benzene rings is 1. The van der Waals surface area contributed by atoms with E-state index in [-0.39, 0.29) is 17.7 Å². The highest BCUT2D eigenvalue weighted by atomic mass is 16.6. The van der Waals surface area contributed by atoms with Gasteiger partial charge in [0.1, 0.15) is 0 Å². The molecule has 1 aromatic carbocycles. The van der Waals surface area contributed by atoms with Crippen LogP contribution in [0.2, 0.25) is 0 Å². The molecule has 0 aliphatic rings. The third-order valence-corrected chi connectivity index (χ3v) is 3.18. The van der Waals surface area contributed by atoms with Gasteiger partial charge in [-0.1, -0.05) is 13.8 Å². The Balaban J connectivity index is 2.75. The molecule has 0 saturated heterocycles. The van der Waals surface area contributed by atoms with E-state index in [4.69, 9.17) is 4.74 Å². The van der Waals surface area contributed by atoms with E-state index in [1.54, 1.807) is 14.0 Å². The summed E-state index contributed by atoms with van der Waals surface area (Å²) in [7, 11) is 1.61. The predicted molar refractivity (Wildman–Crippen MR) is 75.8 cm³/mol. The van der Waals surface area contributed by atoms with Gasteiger partial charge in [0.25, 0.3) is 11.6 Å². The molecular weight excluding hydrogens is 260 g/mol. The van der Waals surface area contributed by atoms with Crippen LogP contribution < -0.4 is 5.32 Å². The monoisotopic (exact) mass is 280 g/mol. The first-order valence-electron chi connectivity index (χ1n) is 6.42. The number of hydrogen-bond acceptors (Lipinski definition) is 4. The Kier molecular flexibility index (Phi) is 5.64. The van der Waals surface area contributed by atoms with Crippen molar-refractivity contribution < 1.29 is 14.5 Å². The van der Waals surface area contributed by atoms with Gasteiger partial charge >= 0.3 is 0 Å². The zero-order chi connectivity index (χ0) is 15.3. The number of nitrogens with zero attached hydrogens (tertiary/aromatic N) is 1. The summed E-state index contributed by atoms with van der Waals surface area (Å²) < 4.78 is 5.27. The second kappa shape index (κ2) is 7.00. The largest absolute Gasteiger partial charge is 0.379 e. The predicted octanol–water partition coefficient (Wildman–Crippen LogP) is 2.30. The molecule has 0 aliphatic carbocycles. The number of rotatable bonds is 6. The molecule has 0 spiro atoms. The Labute approximate surface area is 118 Å². The summed E-state index contributed by atoms with van der Waals surface area (Å²) in [5, 5.41) is 13.4. The van der Waals surface area contributed by atoms with Crippen LogP contribution in [-0.2, 0) is 4.74 Å². The molecule has 0 unspecified atom stereocenters. The van der Waals surface area contributed by atoms with Gasteiger partial charge in [0, 0.05) is 31.4 Å². The number of hydrogen-bond donors (Lipinski definition) is 1. The lowest BCUT2D eigenvalue weighted by molar-refractivity contribution is -0.384. The molecule has 0 fully saturated rings. The quantitative estimate of drug-likeness (QED) is 0.640.